The lowest BCUT2D eigenvalue weighted by molar-refractivity contribution is -0.123. The van der Waals surface area contributed by atoms with Crippen molar-refractivity contribution in [1.29, 1.82) is 0 Å². The van der Waals surface area contributed by atoms with Crippen LogP contribution < -0.4 is 20.1 Å². The number of carbonyl (C=O) groups is 2. The van der Waals surface area contributed by atoms with Crippen LogP contribution in [-0.4, -0.2) is 26.0 Å². The Bertz CT molecular complexity index is 746. The van der Waals surface area contributed by atoms with Gasteiger partial charge in [0.1, 0.15) is 11.5 Å². The summed E-state index contributed by atoms with van der Waals surface area (Å²) in [5.74, 6) is 1.04. The van der Waals surface area contributed by atoms with Crippen LogP contribution in [0, 0.1) is 0 Å². The summed E-state index contributed by atoms with van der Waals surface area (Å²) < 4.78 is 10.6. The number of nitrogens with one attached hydrogen (secondary N) is 2. The molecular weight excluding hydrogens is 352 g/mol. The third-order valence-corrected chi connectivity index (χ3v) is 4.92. The maximum Gasteiger partial charge on any atom is 0.222 e. The van der Waals surface area contributed by atoms with Crippen LogP contribution in [0.4, 0.5) is 0 Å². The number of hydrogen-bond acceptors (Lipinski definition) is 5. The fourth-order valence-electron chi connectivity index (χ4n) is 2.70. The van der Waals surface area contributed by atoms with Gasteiger partial charge in [-0.25, -0.2) is 0 Å². The first kappa shape index (κ1) is 19.8. The average Bonchev–Trinajstić information content (AvgIpc) is 3.14. The highest BCUT2D eigenvalue weighted by atomic mass is 32.1. The number of methoxy groups -OCH3 is 2. The zero-order chi connectivity index (χ0) is 19.1. The van der Waals surface area contributed by atoms with E-state index in [1.807, 2.05) is 36.6 Å². The van der Waals surface area contributed by atoms with E-state index in [1.165, 1.54) is 18.3 Å². The van der Waals surface area contributed by atoms with Crippen molar-refractivity contribution in [2.75, 3.05) is 14.2 Å². The number of rotatable bonds is 8. The molecule has 1 aromatic heterocycles. The first-order valence-corrected chi connectivity index (χ1v) is 9.14. The zero-order valence-electron chi connectivity index (χ0n) is 15.4. The van der Waals surface area contributed by atoms with Crippen LogP contribution >= 0.6 is 11.3 Å². The van der Waals surface area contributed by atoms with Gasteiger partial charge >= 0.3 is 0 Å². The maximum absolute atomic E-state index is 12.5. The van der Waals surface area contributed by atoms with Crippen LogP contribution in [0.2, 0.25) is 0 Å². The molecule has 0 fully saturated rings. The number of benzene rings is 1. The Kier molecular flexibility index (Phi) is 7.03. The molecule has 0 aliphatic heterocycles. The van der Waals surface area contributed by atoms with E-state index in [0.717, 1.165) is 10.4 Å². The van der Waals surface area contributed by atoms with Gasteiger partial charge < -0.3 is 20.1 Å². The van der Waals surface area contributed by atoms with Crippen molar-refractivity contribution < 1.29 is 19.1 Å². The van der Waals surface area contributed by atoms with Gasteiger partial charge in [0.2, 0.25) is 11.8 Å². The van der Waals surface area contributed by atoms with Gasteiger partial charge in [-0.1, -0.05) is 6.07 Å². The Labute approximate surface area is 157 Å². The molecule has 2 atom stereocenters. The van der Waals surface area contributed by atoms with Gasteiger partial charge in [0.15, 0.2) is 0 Å². The molecule has 1 heterocycles. The largest absolute Gasteiger partial charge is 0.497 e. The second-order valence-electron chi connectivity index (χ2n) is 5.87. The molecule has 2 amide bonds. The summed E-state index contributed by atoms with van der Waals surface area (Å²) >= 11 is 1.51. The van der Waals surface area contributed by atoms with Gasteiger partial charge in [-0.15, -0.1) is 11.3 Å². The van der Waals surface area contributed by atoms with Crippen LogP contribution in [0.5, 0.6) is 11.5 Å². The lowest BCUT2D eigenvalue weighted by Crippen LogP contribution is -2.33. The molecule has 0 bridgehead atoms. The number of ether oxygens (including phenoxy) is 2. The maximum atomic E-state index is 12.5. The first-order chi connectivity index (χ1) is 12.4. The number of carbonyl (C=O) groups excluding carboxylic acids is 2. The van der Waals surface area contributed by atoms with Crippen molar-refractivity contribution in [1.82, 2.24) is 10.6 Å². The first-order valence-electron chi connectivity index (χ1n) is 8.26. The van der Waals surface area contributed by atoms with Crippen LogP contribution in [0.15, 0.2) is 35.7 Å². The summed E-state index contributed by atoms with van der Waals surface area (Å²) in [6.07, 6.45) is 0.163. The third kappa shape index (κ3) is 5.23. The summed E-state index contributed by atoms with van der Waals surface area (Å²) in [6.45, 7) is 3.33. The zero-order valence-corrected chi connectivity index (χ0v) is 16.2. The molecule has 0 aliphatic rings. The van der Waals surface area contributed by atoms with E-state index in [-0.39, 0.29) is 30.3 Å². The quantitative estimate of drug-likeness (QED) is 0.742. The van der Waals surface area contributed by atoms with Crippen molar-refractivity contribution in [3.63, 3.8) is 0 Å². The van der Waals surface area contributed by atoms with Gasteiger partial charge in [0.05, 0.1) is 32.7 Å². The van der Waals surface area contributed by atoms with Crippen LogP contribution in [-0.2, 0) is 9.59 Å². The van der Waals surface area contributed by atoms with Gasteiger partial charge in [0.25, 0.3) is 0 Å². The molecule has 1 aromatic carbocycles. The van der Waals surface area contributed by atoms with E-state index in [4.69, 9.17) is 9.47 Å². The van der Waals surface area contributed by atoms with E-state index in [2.05, 4.69) is 10.6 Å². The van der Waals surface area contributed by atoms with Crippen molar-refractivity contribution >= 4 is 23.2 Å². The Morgan fingerprint density at radius 2 is 1.92 bits per heavy atom. The molecule has 2 N–H and O–H groups in total. The molecule has 26 heavy (non-hydrogen) atoms. The molecule has 0 radical (unpaired) electrons. The van der Waals surface area contributed by atoms with Gasteiger partial charge in [-0.05, 0) is 36.6 Å². The Morgan fingerprint density at radius 3 is 2.50 bits per heavy atom. The smallest absolute Gasteiger partial charge is 0.222 e. The van der Waals surface area contributed by atoms with E-state index in [1.54, 1.807) is 20.3 Å². The number of amides is 2. The van der Waals surface area contributed by atoms with Crippen LogP contribution in [0.1, 0.15) is 42.8 Å². The predicted molar refractivity (Wildman–Crippen MR) is 102 cm³/mol. The van der Waals surface area contributed by atoms with Crippen molar-refractivity contribution in [3.8, 4) is 11.5 Å². The fraction of sp³-hybridized carbons (Fsp3) is 0.368. The lowest BCUT2D eigenvalue weighted by atomic mass is 10.1. The normalized spacial score (nSPS) is 12.8. The lowest BCUT2D eigenvalue weighted by Gasteiger charge is -2.21. The highest BCUT2D eigenvalue weighted by Gasteiger charge is 2.21. The topological polar surface area (TPSA) is 76.7 Å². The van der Waals surface area contributed by atoms with E-state index < -0.39 is 0 Å². The predicted octanol–water partition coefficient (Wildman–Crippen LogP) is 3.21. The molecule has 0 saturated carbocycles. The number of thiophene rings is 1. The summed E-state index contributed by atoms with van der Waals surface area (Å²) in [5.41, 5.74) is 0.826. The summed E-state index contributed by atoms with van der Waals surface area (Å²) in [7, 11) is 3.18. The average molecular weight is 376 g/mol. The third-order valence-electron chi connectivity index (χ3n) is 3.93. The van der Waals surface area contributed by atoms with Crippen molar-refractivity contribution in [2.24, 2.45) is 0 Å². The Balaban J connectivity index is 2.09. The van der Waals surface area contributed by atoms with Gasteiger partial charge in [0, 0.05) is 17.4 Å². The highest BCUT2D eigenvalue weighted by molar-refractivity contribution is 7.10. The highest BCUT2D eigenvalue weighted by Crippen LogP contribution is 2.29. The molecule has 2 rings (SSSR count). The molecular formula is C19H24N2O4S. The molecule has 0 spiro atoms. The Morgan fingerprint density at radius 1 is 1.15 bits per heavy atom. The fourth-order valence-corrected chi connectivity index (χ4v) is 3.48. The van der Waals surface area contributed by atoms with E-state index in [9.17, 15) is 9.59 Å². The summed E-state index contributed by atoms with van der Waals surface area (Å²) in [5, 5.41) is 7.72. The summed E-state index contributed by atoms with van der Waals surface area (Å²) in [6, 6.07) is 8.65. The van der Waals surface area contributed by atoms with Crippen molar-refractivity contribution in [2.45, 2.75) is 32.4 Å². The molecule has 0 saturated heterocycles. The van der Waals surface area contributed by atoms with E-state index in [0.29, 0.717) is 11.5 Å². The second kappa shape index (κ2) is 9.24. The minimum absolute atomic E-state index is 0.158. The van der Waals surface area contributed by atoms with Crippen molar-refractivity contribution in [3.05, 3.63) is 46.2 Å². The molecule has 7 heteroatoms. The second-order valence-corrected chi connectivity index (χ2v) is 6.85. The van der Waals surface area contributed by atoms with E-state index >= 15 is 0 Å². The van der Waals surface area contributed by atoms with Crippen LogP contribution in [0.25, 0.3) is 0 Å². The molecule has 6 nitrogen and oxygen atoms in total. The molecule has 140 valence electrons. The SMILES string of the molecule is COc1ccc(OC)c([C@H](C)NC(=O)C[C@@H](NC(C)=O)c2cccs2)c1. The molecule has 2 aromatic rings. The molecule has 0 aliphatic carbocycles. The van der Waals surface area contributed by atoms with Gasteiger partial charge in [-0.2, -0.15) is 0 Å². The van der Waals surface area contributed by atoms with Gasteiger partial charge in [-0.3, -0.25) is 9.59 Å². The monoisotopic (exact) mass is 376 g/mol. The summed E-state index contributed by atoms with van der Waals surface area (Å²) in [4.78, 5) is 24.9. The minimum Gasteiger partial charge on any atom is -0.497 e. The van der Waals surface area contributed by atoms with Crippen LogP contribution in [0.3, 0.4) is 0 Å². The Hall–Kier alpha value is -2.54. The number of hydrogen-bond donors (Lipinski definition) is 2. The molecule has 0 unspecified atom stereocenters. The minimum atomic E-state index is -0.341. The standard InChI is InChI=1S/C19H24N2O4S/c1-12(15-10-14(24-3)7-8-17(15)25-4)20-19(23)11-16(21-13(2)22)18-6-5-9-26-18/h5-10,12,16H,11H2,1-4H3,(H,20,23)(H,21,22)/t12-,16+/m0/s1.